The van der Waals surface area contributed by atoms with E-state index < -0.39 is 5.82 Å². The van der Waals surface area contributed by atoms with E-state index in [1.54, 1.807) is 12.1 Å². The van der Waals surface area contributed by atoms with Crippen LogP contribution in [0.2, 0.25) is 0 Å². The lowest BCUT2D eigenvalue weighted by Crippen LogP contribution is -2.10. The molecule has 0 amide bonds. The summed E-state index contributed by atoms with van der Waals surface area (Å²) >= 11 is 0. The van der Waals surface area contributed by atoms with Crippen LogP contribution in [0.4, 0.5) is 4.39 Å². The van der Waals surface area contributed by atoms with E-state index in [0.29, 0.717) is 23.3 Å². The van der Waals surface area contributed by atoms with Crippen molar-refractivity contribution in [3.8, 4) is 23.0 Å². The number of hydrogen-bond acceptors (Lipinski definition) is 2. The molecule has 2 fully saturated rings. The van der Waals surface area contributed by atoms with Crippen LogP contribution in [0, 0.1) is 17.7 Å². The largest absolute Gasteiger partial charge is 0.457 e. The SMILES string of the molecule is CC1CCC(c2ccc(Oc3ccc(Oc4ccc(C5CCC(C)CC5)cc4)c(F)c3)cc2)CC1. The van der Waals surface area contributed by atoms with E-state index in [1.807, 2.05) is 24.3 Å². The van der Waals surface area contributed by atoms with Crippen molar-refractivity contribution in [2.75, 3.05) is 0 Å². The second-order valence-corrected chi connectivity index (χ2v) is 10.8. The first-order chi connectivity index (χ1) is 17.0. The fourth-order valence-electron chi connectivity index (χ4n) is 5.69. The molecule has 0 unspecified atom stereocenters. The van der Waals surface area contributed by atoms with Gasteiger partial charge in [0.1, 0.15) is 17.2 Å². The maximum absolute atomic E-state index is 14.8. The van der Waals surface area contributed by atoms with Crippen LogP contribution in [0.15, 0.2) is 66.7 Å². The Morgan fingerprint density at radius 2 is 0.971 bits per heavy atom. The Balaban J connectivity index is 1.18. The van der Waals surface area contributed by atoms with Crippen LogP contribution in [0.5, 0.6) is 23.0 Å². The van der Waals surface area contributed by atoms with E-state index in [2.05, 4.69) is 38.1 Å². The van der Waals surface area contributed by atoms with Gasteiger partial charge in [-0.25, -0.2) is 4.39 Å². The molecule has 0 radical (unpaired) electrons. The Morgan fingerprint density at radius 3 is 1.43 bits per heavy atom. The zero-order valence-electron chi connectivity index (χ0n) is 21.0. The number of benzene rings is 3. The van der Waals surface area contributed by atoms with Crippen LogP contribution >= 0.6 is 0 Å². The monoisotopic (exact) mass is 472 g/mol. The van der Waals surface area contributed by atoms with Gasteiger partial charge in [-0.15, -0.1) is 0 Å². The smallest absolute Gasteiger partial charge is 0.169 e. The van der Waals surface area contributed by atoms with E-state index in [-0.39, 0.29) is 5.75 Å². The highest BCUT2D eigenvalue weighted by Crippen LogP contribution is 2.38. The summed E-state index contributed by atoms with van der Waals surface area (Å²) in [6.45, 7) is 4.68. The van der Waals surface area contributed by atoms with E-state index in [4.69, 9.17) is 9.47 Å². The highest BCUT2D eigenvalue weighted by atomic mass is 19.1. The minimum absolute atomic E-state index is 0.207. The third-order valence-corrected chi connectivity index (χ3v) is 8.10. The van der Waals surface area contributed by atoms with Gasteiger partial charge in [-0.3, -0.25) is 0 Å². The van der Waals surface area contributed by atoms with Gasteiger partial charge in [-0.1, -0.05) is 63.8 Å². The highest BCUT2D eigenvalue weighted by Gasteiger charge is 2.21. The van der Waals surface area contributed by atoms with Gasteiger partial charge in [-0.05, 0) is 96.9 Å². The normalized spacial score (nSPS) is 24.7. The minimum Gasteiger partial charge on any atom is -0.457 e. The summed E-state index contributed by atoms with van der Waals surface area (Å²) < 4.78 is 26.5. The average Bonchev–Trinajstić information content (AvgIpc) is 2.88. The third kappa shape index (κ3) is 6.07. The molecule has 3 heteroatoms. The molecule has 2 aliphatic rings. The van der Waals surface area contributed by atoms with Gasteiger partial charge in [0.05, 0.1) is 0 Å². The molecule has 0 aromatic heterocycles. The highest BCUT2D eigenvalue weighted by molar-refractivity contribution is 5.40. The summed E-state index contributed by atoms with van der Waals surface area (Å²) in [5.74, 6) is 4.59. The molecule has 0 N–H and O–H groups in total. The van der Waals surface area contributed by atoms with Crippen LogP contribution < -0.4 is 9.47 Å². The van der Waals surface area contributed by atoms with Gasteiger partial charge in [0.15, 0.2) is 11.6 Å². The molecule has 0 spiro atoms. The number of ether oxygens (including phenoxy) is 2. The third-order valence-electron chi connectivity index (χ3n) is 8.10. The molecular formula is C32H37FO2. The van der Waals surface area contributed by atoms with Crippen LogP contribution in [0.25, 0.3) is 0 Å². The zero-order valence-corrected chi connectivity index (χ0v) is 21.0. The van der Waals surface area contributed by atoms with Gasteiger partial charge < -0.3 is 9.47 Å². The van der Waals surface area contributed by atoms with E-state index in [0.717, 1.165) is 17.6 Å². The fraction of sp³-hybridized carbons (Fsp3) is 0.438. The first-order valence-electron chi connectivity index (χ1n) is 13.4. The Kier molecular flexibility index (Phi) is 7.41. The van der Waals surface area contributed by atoms with Crippen molar-refractivity contribution in [2.24, 2.45) is 11.8 Å². The van der Waals surface area contributed by atoms with E-state index >= 15 is 0 Å². The summed E-state index contributed by atoms with van der Waals surface area (Å²) in [7, 11) is 0. The van der Waals surface area contributed by atoms with Crippen LogP contribution in [-0.2, 0) is 0 Å². The molecule has 0 atom stereocenters. The van der Waals surface area contributed by atoms with Gasteiger partial charge >= 0.3 is 0 Å². The fourth-order valence-corrected chi connectivity index (χ4v) is 5.69. The lowest BCUT2D eigenvalue weighted by atomic mass is 9.79. The predicted octanol–water partition coefficient (Wildman–Crippen LogP) is 10.00. The molecule has 0 bridgehead atoms. The van der Waals surface area contributed by atoms with Crippen molar-refractivity contribution < 1.29 is 13.9 Å². The maximum Gasteiger partial charge on any atom is 0.169 e. The van der Waals surface area contributed by atoms with Crippen LogP contribution in [0.3, 0.4) is 0 Å². The zero-order chi connectivity index (χ0) is 24.2. The quantitative estimate of drug-likeness (QED) is 0.355. The second-order valence-electron chi connectivity index (χ2n) is 10.8. The number of halogens is 1. The molecule has 3 aromatic carbocycles. The number of hydrogen-bond donors (Lipinski definition) is 0. The Bertz CT molecular complexity index is 1090. The number of rotatable bonds is 6. The van der Waals surface area contributed by atoms with Gasteiger partial charge in [0, 0.05) is 6.07 Å². The Morgan fingerprint density at radius 1 is 0.543 bits per heavy atom. The Labute approximate surface area is 209 Å². The topological polar surface area (TPSA) is 18.5 Å². The minimum atomic E-state index is -0.430. The Hall–Kier alpha value is -2.81. The van der Waals surface area contributed by atoms with Crippen molar-refractivity contribution >= 4 is 0 Å². The molecule has 3 aromatic rings. The van der Waals surface area contributed by atoms with Gasteiger partial charge in [0.2, 0.25) is 0 Å². The molecule has 5 rings (SSSR count). The second kappa shape index (κ2) is 10.8. The summed E-state index contributed by atoms with van der Waals surface area (Å²) in [6.07, 6.45) is 10.2. The summed E-state index contributed by atoms with van der Waals surface area (Å²) in [4.78, 5) is 0. The van der Waals surface area contributed by atoms with Crippen LogP contribution in [-0.4, -0.2) is 0 Å². The molecule has 0 aliphatic heterocycles. The lowest BCUT2D eigenvalue weighted by molar-refractivity contribution is 0.347. The molecule has 0 heterocycles. The van der Waals surface area contributed by atoms with Gasteiger partial charge in [-0.2, -0.15) is 0 Å². The molecule has 2 nitrogen and oxygen atoms in total. The standard InChI is InChI=1S/C32H37FO2/c1-22-3-7-24(8-4-22)26-11-15-28(16-12-26)34-30-19-20-32(31(33)21-30)35-29-17-13-27(14-18-29)25-9-5-23(2)6-10-25/h11-25H,3-10H2,1-2H3. The predicted molar refractivity (Wildman–Crippen MR) is 140 cm³/mol. The molecule has 2 saturated carbocycles. The van der Waals surface area contributed by atoms with E-state index in [1.165, 1.54) is 68.6 Å². The summed E-state index contributed by atoms with van der Waals surface area (Å²) in [5, 5.41) is 0. The first-order valence-corrected chi connectivity index (χ1v) is 13.4. The van der Waals surface area contributed by atoms with E-state index in [9.17, 15) is 4.39 Å². The molecule has 184 valence electrons. The molecule has 0 saturated heterocycles. The summed E-state index contributed by atoms with van der Waals surface area (Å²) in [6, 6.07) is 21.2. The molecule has 2 aliphatic carbocycles. The van der Waals surface area contributed by atoms with Crippen molar-refractivity contribution in [3.05, 3.63) is 83.7 Å². The first kappa shape index (κ1) is 23.9. The molecular weight excluding hydrogens is 435 g/mol. The van der Waals surface area contributed by atoms with Crippen molar-refractivity contribution in [1.29, 1.82) is 0 Å². The lowest BCUT2D eigenvalue weighted by Gasteiger charge is -2.26. The average molecular weight is 473 g/mol. The van der Waals surface area contributed by atoms with Crippen molar-refractivity contribution in [1.82, 2.24) is 0 Å². The van der Waals surface area contributed by atoms with Crippen LogP contribution in [0.1, 0.15) is 88.2 Å². The molecule has 35 heavy (non-hydrogen) atoms. The van der Waals surface area contributed by atoms with Crippen molar-refractivity contribution in [2.45, 2.75) is 77.0 Å². The summed E-state index contributed by atoms with van der Waals surface area (Å²) in [5.41, 5.74) is 2.74. The maximum atomic E-state index is 14.8. The van der Waals surface area contributed by atoms with Gasteiger partial charge in [0.25, 0.3) is 0 Å². The van der Waals surface area contributed by atoms with Crippen molar-refractivity contribution in [3.63, 3.8) is 0 Å².